The Morgan fingerprint density at radius 2 is 1.72 bits per heavy atom. The number of carbonyl (C=O) groups is 1. The van der Waals surface area contributed by atoms with Crippen molar-refractivity contribution in [3.8, 4) is 5.75 Å². The number of fused-ring (bicyclic) bond motifs is 1. The maximum absolute atomic E-state index is 12.1. The molecule has 2 nitrogen and oxygen atoms in total. The van der Waals surface area contributed by atoms with E-state index in [-0.39, 0.29) is 11.3 Å². The molecule has 0 aliphatic rings. The van der Waals surface area contributed by atoms with Crippen molar-refractivity contribution in [1.82, 2.24) is 0 Å². The third-order valence-electron chi connectivity index (χ3n) is 2.27. The van der Waals surface area contributed by atoms with Gasteiger partial charge in [0.1, 0.15) is 5.75 Å². The summed E-state index contributed by atoms with van der Waals surface area (Å²) in [5, 5.41) is 0.466. The third kappa shape index (κ3) is 2.92. The smallest absolute Gasteiger partial charge is 0.406 e. The summed E-state index contributed by atoms with van der Waals surface area (Å²) in [6.45, 7) is 0. The molecule has 0 N–H and O–H groups in total. The topological polar surface area (TPSA) is 26.3 Å². The van der Waals surface area contributed by atoms with E-state index in [1.807, 2.05) is 0 Å². The molecule has 6 heteroatoms. The quantitative estimate of drug-likeness (QED) is 0.770. The molecular weight excluding hydrogens is 269 g/mol. The molecule has 0 spiro atoms. The fourth-order valence-electron chi connectivity index (χ4n) is 1.54. The van der Waals surface area contributed by atoms with Crippen molar-refractivity contribution < 1.29 is 22.7 Å². The average molecular weight is 275 g/mol. The van der Waals surface area contributed by atoms with E-state index >= 15 is 0 Å². The number of hydrogen-bond acceptors (Lipinski definition) is 2. The van der Waals surface area contributed by atoms with E-state index in [0.717, 1.165) is 0 Å². The summed E-state index contributed by atoms with van der Waals surface area (Å²) in [5.41, 5.74) is 0.216. The van der Waals surface area contributed by atoms with Crippen LogP contribution in [-0.2, 0) is 0 Å². The Morgan fingerprint density at radius 3 is 2.33 bits per heavy atom. The summed E-state index contributed by atoms with van der Waals surface area (Å²) in [7, 11) is 0. The highest BCUT2D eigenvalue weighted by molar-refractivity contribution is 6.67. The summed E-state index contributed by atoms with van der Waals surface area (Å²) in [4.78, 5) is 11.0. The number of rotatable bonds is 2. The normalized spacial score (nSPS) is 11.6. The zero-order chi connectivity index (χ0) is 13.3. The van der Waals surface area contributed by atoms with Crippen LogP contribution in [0.25, 0.3) is 10.8 Å². The fourth-order valence-corrected chi connectivity index (χ4v) is 1.66. The first kappa shape index (κ1) is 12.7. The van der Waals surface area contributed by atoms with E-state index in [9.17, 15) is 18.0 Å². The lowest BCUT2D eigenvalue weighted by atomic mass is 10.1. The number of alkyl halides is 3. The van der Waals surface area contributed by atoms with Gasteiger partial charge in [-0.1, -0.05) is 12.1 Å². The van der Waals surface area contributed by atoms with Crippen molar-refractivity contribution in [3.63, 3.8) is 0 Å². The fraction of sp³-hybridized carbons (Fsp3) is 0.0833. The Morgan fingerprint density at radius 1 is 1.06 bits per heavy atom. The van der Waals surface area contributed by atoms with Gasteiger partial charge < -0.3 is 4.74 Å². The SMILES string of the molecule is O=C(Cl)c1ccc2ccc(OC(F)(F)F)cc2c1. The second-order valence-electron chi connectivity index (χ2n) is 3.55. The minimum Gasteiger partial charge on any atom is -0.406 e. The molecule has 0 aliphatic heterocycles. The van der Waals surface area contributed by atoms with E-state index in [0.29, 0.717) is 10.8 Å². The van der Waals surface area contributed by atoms with Crippen LogP contribution in [0.2, 0.25) is 0 Å². The van der Waals surface area contributed by atoms with Gasteiger partial charge in [0.05, 0.1) is 0 Å². The number of hydrogen-bond donors (Lipinski definition) is 0. The second kappa shape index (κ2) is 4.49. The predicted octanol–water partition coefficient (Wildman–Crippen LogP) is 4.12. The predicted molar refractivity (Wildman–Crippen MR) is 60.8 cm³/mol. The number of benzene rings is 2. The Bertz CT molecular complexity index is 608. The van der Waals surface area contributed by atoms with E-state index in [1.165, 1.54) is 30.3 Å². The van der Waals surface area contributed by atoms with Gasteiger partial charge in [0.25, 0.3) is 5.24 Å². The van der Waals surface area contributed by atoms with Crippen LogP contribution in [0.4, 0.5) is 13.2 Å². The second-order valence-corrected chi connectivity index (χ2v) is 3.89. The molecule has 0 radical (unpaired) electrons. The first-order valence-electron chi connectivity index (χ1n) is 4.84. The summed E-state index contributed by atoms with van der Waals surface area (Å²) < 4.78 is 39.9. The van der Waals surface area contributed by atoms with Crippen molar-refractivity contribution >= 4 is 27.6 Å². The molecular formula is C12H6ClF3O2. The van der Waals surface area contributed by atoms with Crippen LogP contribution in [0.5, 0.6) is 5.75 Å². The Kier molecular flexibility index (Phi) is 3.17. The van der Waals surface area contributed by atoms with Gasteiger partial charge in [0.2, 0.25) is 0 Å². The van der Waals surface area contributed by atoms with Gasteiger partial charge in [0.15, 0.2) is 0 Å². The van der Waals surface area contributed by atoms with E-state index in [2.05, 4.69) is 4.74 Å². The minimum atomic E-state index is -4.74. The summed E-state index contributed by atoms with van der Waals surface area (Å²) in [5.74, 6) is -0.339. The lowest BCUT2D eigenvalue weighted by Gasteiger charge is -2.09. The van der Waals surface area contributed by atoms with E-state index < -0.39 is 11.6 Å². The van der Waals surface area contributed by atoms with Gasteiger partial charge in [-0.15, -0.1) is 13.2 Å². The van der Waals surface area contributed by atoms with Crippen molar-refractivity contribution in [2.75, 3.05) is 0 Å². The van der Waals surface area contributed by atoms with E-state index in [4.69, 9.17) is 11.6 Å². The highest BCUT2D eigenvalue weighted by Gasteiger charge is 2.31. The van der Waals surface area contributed by atoms with Crippen LogP contribution in [0.1, 0.15) is 10.4 Å². The maximum Gasteiger partial charge on any atom is 0.573 e. The molecule has 2 aromatic carbocycles. The van der Waals surface area contributed by atoms with Crippen LogP contribution in [0.3, 0.4) is 0 Å². The Labute approximate surface area is 105 Å². The number of ether oxygens (including phenoxy) is 1. The van der Waals surface area contributed by atoms with Gasteiger partial charge in [-0.05, 0) is 46.6 Å². The van der Waals surface area contributed by atoms with Gasteiger partial charge >= 0.3 is 6.36 Å². The van der Waals surface area contributed by atoms with Crippen molar-refractivity contribution in [1.29, 1.82) is 0 Å². The molecule has 0 heterocycles. The largest absolute Gasteiger partial charge is 0.573 e. The third-order valence-corrected chi connectivity index (χ3v) is 2.49. The molecule has 0 fully saturated rings. The molecule has 18 heavy (non-hydrogen) atoms. The van der Waals surface area contributed by atoms with Crippen LogP contribution < -0.4 is 4.74 Å². The van der Waals surface area contributed by atoms with Crippen LogP contribution in [0.15, 0.2) is 36.4 Å². The molecule has 0 aliphatic carbocycles. The van der Waals surface area contributed by atoms with Gasteiger partial charge in [-0.3, -0.25) is 4.79 Å². The maximum atomic E-state index is 12.1. The van der Waals surface area contributed by atoms with Crippen LogP contribution in [-0.4, -0.2) is 11.6 Å². The molecule has 0 amide bonds. The molecule has 2 rings (SSSR count). The summed E-state index contributed by atoms with van der Waals surface area (Å²) in [6, 6.07) is 8.39. The zero-order valence-corrected chi connectivity index (χ0v) is 9.55. The zero-order valence-electron chi connectivity index (χ0n) is 8.79. The first-order valence-corrected chi connectivity index (χ1v) is 5.22. The number of halogens is 4. The first-order chi connectivity index (χ1) is 8.35. The molecule has 94 valence electrons. The summed E-state index contributed by atoms with van der Waals surface area (Å²) in [6.07, 6.45) is -4.74. The minimum absolute atomic E-state index is 0.216. The summed E-state index contributed by atoms with van der Waals surface area (Å²) >= 11 is 5.30. The van der Waals surface area contributed by atoms with Gasteiger partial charge in [0, 0.05) is 5.56 Å². The Balaban J connectivity index is 2.45. The van der Waals surface area contributed by atoms with Crippen molar-refractivity contribution in [3.05, 3.63) is 42.0 Å². The van der Waals surface area contributed by atoms with Crippen LogP contribution in [0, 0.1) is 0 Å². The van der Waals surface area contributed by atoms with Gasteiger partial charge in [-0.2, -0.15) is 0 Å². The molecule has 0 saturated heterocycles. The molecule has 0 unspecified atom stereocenters. The molecule has 0 atom stereocenters. The molecule has 0 saturated carbocycles. The average Bonchev–Trinajstić information content (AvgIpc) is 2.25. The van der Waals surface area contributed by atoms with Crippen molar-refractivity contribution in [2.45, 2.75) is 6.36 Å². The molecule has 0 bridgehead atoms. The standard InChI is InChI=1S/C12H6ClF3O2/c13-11(17)8-2-1-7-3-4-10(6-9(7)5-8)18-12(14,15)16/h1-6H. The van der Waals surface area contributed by atoms with Crippen LogP contribution >= 0.6 is 11.6 Å². The van der Waals surface area contributed by atoms with Gasteiger partial charge in [-0.25, -0.2) is 0 Å². The lowest BCUT2D eigenvalue weighted by Crippen LogP contribution is -2.16. The number of carbonyl (C=O) groups excluding carboxylic acids is 1. The highest BCUT2D eigenvalue weighted by Crippen LogP contribution is 2.27. The highest BCUT2D eigenvalue weighted by atomic mass is 35.5. The lowest BCUT2D eigenvalue weighted by molar-refractivity contribution is -0.274. The Hall–Kier alpha value is -1.75. The van der Waals surface area contributed by atoms with E-state index in [1.54, 1.807) is 6.07 Å². The molecule has 2 aromatic rings. The monoisotopic (exact) mass is 274 g/mol. The van der Waals surface area contributed by atoms with Crippen molar-refractivity contribution in [2.24, 2.45) is 0 Å². The molecule has 0 aromatic heterocycles.